The lowest BCUT2D eigenvalue weighted by molar-refractivity contribution is 0.628. The van der Waals surface area contributed by atoms with Crippen molar-refractivity contribution in [3.05, 3.63) is 65.4 Å². The Hall–Kier alpha value is -2.66. The molecule has 0 fully saturated rings. The summed E-state index contributed by atoms with van der Waals surface area (Å²) in [5.41, 5.74) is 2.35. The first-order valence-corrected chi connectivity index (χ1v) is 8.86. The number of nitrogens with one attached hydrogen (secondary N) is 2. The molecule has 0 aliphatic carbocycles. The van der Waals surface area contributed by atoms with Crippen LogP contribution in [0.3, 0.4) is 0 Å². The van der Waals surface area contributed by atoms with Gasteiger partial charge in [0.25, 0.3) is 0 Å². The number of aromatic nitrogens is 2. The van der Waals surface area contributed by atoms with E-state index in [4.69, 9.17) is 11.6 Å². The van der Waals surface area contributed by atoms with Crippen LogP contribution in [-0.4, -0.2) is 16.0 Å². The lowest BCUT2D eigenvalue weighted by Crippen LogP contribution is -2.16. The third-order valence-electron chi connectivity index (χ3n) is 3.98. The van der Waals surface area contributed by atoms with E-state index < -0.39 is 0 Å². The third-order valence-corrected chi connectivity index (χ3v) is 4.29. The van der Waals surface area contributed by atoms with E-state index in [0.29, 0.717) is 22.5 Å². The highest BCUT2D eigenvalue weighted by molar-refractivity contribution is 6.33. The fraction of sp³-hybridized carbons (Fsp3) is 0.200. The van der Waals surface area contributed by atoms with Crippen molar-refractivity contribution in [2.24, 2.45) is 0 Å². The van der Waals surface area contributed by atoms with Gasteiger partial charge in [0.2, 0.25) is 5.95 Å². The van der Waals surface area contributed by atoms with Crippen molar-refractivity contribution in [1.29, 1.82) is 0 Å². The maximum absolute atomic E-state index is 13.3. The number of hydrogen-bond donors (Lipinski definition) is 2. The average Bonchev–Trinajstić information content (AvgIpc) is 2.64. The van der Waals surface area contributed by atoms with Crippen LogP contribution in [0.1, 0.15) is 20.3 Å². The predicted molar refractivity (Wildman–Crippen MR) is 106 cm³/mol. The van der Waals surface area contributed by atoms with E-state index in [2.05, 4.69) is 34.4 Å². The molecule has 0 aliphatic heterocycles. The molecule has 0 saturated carbocycles. The minimum absolute atomic E-state index is 0.239. The van der Waals surface area contributed by atoms with Crippen LogP contribution in [0.5, 0.6) is 0 Å². The van der Waals surface area contributed by atoms with Crippen LogP contribution >= 0.6 is 11.6 Å². The molecule has 0 bridgehead atoms. The van der Waals surface area contributed by atoms with Crippen LogP contribution in [0, 0.1) is 5.82 Å². The van der Waals surface area contributed by atoms with Crippen molar-refractivity contribution >= 4 is 29.1 Å². The van der Waals surface area contributed by atoms with E-state index in [9.17, 15) is 4.39 Å². The fourth-order valence-electron chi connectivity index (χ4n) is 2.38. The first kappa shape index (κ1) is 18.1. The maximum Gasteiger partial charge on any atom is 0.225 e. The quantitative estimate of drug-likeness (QED) is 0.568. The zero-order valence-electron chi connectivity index (χ0n) is 14.6. The van der Waals surface area contributed by atoms with Crippen LogP contribution in [0.2, 0.25) is 5.02 Å². The van der Waals surface area contributed by atoms with E-state index >= 15 is 0 Å². The largest absolute Gasteiger partial charge is 0.352 e. The molecule has 0 amide bonds. The van der Waals surface area contributed by atoms with Gasteiger partial charge in [-0.1, -0.05) is 48.9 Å². The van der Waals surface area contributed by atoms with Gasteiger partial charge in [-0.05, 0) is 31.5 Å². The number of halogens is 2. The van der Waals surface area contributed by atoms with Gasteiger partial charge in [0.15, 0.2) is 0 Å². The summed E-state index contributed by atoms with van der Waals surface area (Å²) in [7, 11) is 0. The van der Waals surface area contributed by atoms with Crippen molar-refractivity contribution in [2.45, 2.75) is 26.3 Å². The molecule has 2 aromatic carbocycles. The first-order valence-electron chi connectivity index (χ1n) is 8.48. The van der Waals surface area contributed by atoms with Crippen molar-refractivity contribution in [3.63, 3.8) is 0 Å². The van der Waals surface area contributed by atoms with Crippen LogP contribution in [0.4, 0.5) is 21.8 Å². The van der Waals surface area contributed by atoms with E-state index in [0.717, 1.165) is 17.7 Å². The Kier molecular flexibility index (Phi) is 5.68. The van der Waals surface area contributed by atoms with Crippen molar-refractivity contribution in [2.75, 3.05) is 10.6 Å². The highest BCUT2D eigenvalue weighted by Gasteiger charge is 2.10. The highest BCUT2D eigenvalue weighted by atomic mass is 35.5. The molecule has 26 heavy (non-hydrogen) atoms. The molecule has 0 aliphatic rings. The first-order chi connectivity index (χ1) is 12.5. The van der Waals surface area contributed by atoms with E-state index in [-0.39, 0.29) is 11.9 Å². The summed E-state index contributed by atoms with van der Waals surface area (Å²) in [6, 6.07) is 16.2. The Morgan fingerprint density at radius 1 is 1.08 bits per heavy atom. The molecule has 6 heteroatoms. The summed E-state index contributed by atoms with van der Waals surface area (Å²) in [6.07, 6.45) is 0.950. The smallest absolute Gasteiger partial charge is 0.225 e. The Labute approximate surface area is 157 Å². The van der Waals surface area contributed by atoms with Gasteiger partial charge >= 0.3 is 0 Å². The molecule has 3 aromatic rings. The van der Waals surface area contributed by atoms with Gasteiger partial charge in [-0.25, -0.2) is 9.37 Å². The molecule has 4 nitrogen and oxygen atoms in total. The molecule has 1 aromatic heterocycles. The second kappa shape index (κ2) is 8.15. The van der Waals surface area contributed by atoms with Gasteiger partial charge in [0.05, 0.1) is 16.4 Å². The van der Waals surface area contributed by atoms with Crippen LogP contribution in [-0.2, 0) is 0 Å². The summed E-state index contributed by atoms with van der Waals surface area (Å²) >= 11 is 6.12. The number of nitrogens with zero attached hydrogens (tertiary/aromatic N) is 2. The number of hydrogen-bond acceptors (Lipinski definition) is 4. The molecule has 2 N–H and O–H groups in total. The minimum Gasteiger partial charge on any atom is -0.352 e. The number of rotatable bonds is 6. The highest BCUT2D eigenvalue weighted by Crippen LogP contribution is 2.28. The monoisotopic (exact) mass is 370 g/mol. The minimum atomic E-state index is -0.382. The Balaban J connectivity index is 1.98. The van der Waals surface area contributed by atoms with E-state index in [1.807, 2.05) is 36.4 Å². The van der Waals surface area contributed by atoms with Crippen LogP contribution in [0.15, 0.2) is 54.6 Å². The maximum atomic E-state index is 13.3. The number of anilines is 3. The molecular weight excluding hydrogens is 351 g/mol. The normalized spacial score (nSPS) is 11.8. The summed E-state index contributed by atoms with van der Waals surface area (Å²) < 4.78 is 13.3. The molecule has 0 radical (unpaired) electrons. The molecule has 134 valence electrons. The molecular formula is C20H20ClFN4. The number of benzene rings is 2. The Morgan fingerprint density at radius 3 is 2.54 bits per heavy atom. The molecule has 1 atom stereocenters. The summed E-state index contributed by atoms with van der Waals surface area (Å²) in [5, 5.41) is 6.74. The average molecular weight is 371 g/mol. The molecule has 1 heterocycles. The summed E-state index contributed by atoms with van der Waals surface area (Å²) in [4.78, 5) is 9.13. The van der Waals surface area contributed by atoms with Gasteiger partial charge in [0.1, 0.15) is 11.6 Å². The van der Waals surface area contributed by atoms with Gasteiger partial charge in [-0.3, -0.25) is 0 Å². The van der Waals surface area contributed by atoms with Gasteiger partial charge in [-0.2, -0.15) is 4.98 Å². The zero-order valence-corrected chi connectivity index (χ0v) is 15.4. The van der Waals surface area contributed by atoms with Crippen molar-refractivity contribution in [1.82, 2.24) is 9.97 Å². The van der Waals surface area contributed by atoms with Crippen LogP contribution in [0.25, 0.3) is 11.3 Å². The standard InChI is InChI=1S/C20H20ClFN4/c1-3-13(2)23-20-25-18(14-7-5-4-6-8-14)12-19(26-20)24-17-10-9-15(22)11-16(17)21/h4-13H,3H2,1-2H3,(H2,23,24,25,26)/t13-/m0/s1. The Bertz CT molecular complexity index is 886. The van der Waals surface area contributed by atoms with E-state index in [1.165, 1.54) is 12.1 Å². The fourth-order valence-corrected chi connectivity index (χ4v) is 2.60. The topological polar surface area (TPSA) is 49.8 Å². The third kappa shape index (κ3) is 4.49. The SMILES string of the molecule is CC[C@H](C)Nc1nc(Nc2ccc(F)cc2Cl)cc(-c2ccccc2)n1. The summed E-state index contributed by atoms with van der Waals surface area (Å²) in [5.74, 6) is 0.729. The lowest BCUT2D eigenvalue weighted by Gasteiger charge is -2.15. The predicted octanol–water partition coefficient (Wildman–Crippen LogP) is 5.89. The van der Waals surface area contributed by atoms with Gasteiger partial charge in [0, 0.05) is 17.7 Å². The van der Waals surface area contributed by atoms with Crippen molar-refractivity contribution < 1.29 is 4.39 Å². The second-order valence-electron chi connectivity index (χ2n) is 6.03. The molecule has 0 spiro atoms. The lowest BCUT2D eigenvalue weighted by atomic mass is 10.1. The van der Waals surface area contributed by atoms with Crippen LogP contribution < -0.4 is 10.6 Å². The molecule has 3 rings (SSSR count). The van der Waals surface area contributed by atoms with Gasteiger partial charge < -0.3 is 10.6 Å². The molecule has 0 unspecified atom stereocenters. The van der Waals surface area contributed by atoms with Crippen molar-refractivity contribution in [3.8, 4) is 11.3 Å². The Morgan fingerprint density at radius 2 is 1.85 bits per heavy atom. The summed E-state index contributed by atoms with van der Waals surface area (Å²) in [6.45, 7) is 4.17. The molecule has 0 saturated heterocycles. The zero-order chi connectivity index (χ0) is 18.5. The van der Waals surface area contributed by atoms with Gasteiger partial charge in [-0.15, -0.1) is 0 Å². The van der Waals surface area contributed by atoms with E-state index in [1.54, 1.807) is 6.07 Å². The second-order valence-corrected chi connectivity index (χ2v) is 6.44.